The molecule has 0 bridgehead atoms. The third kappa shape index (κ3) is 4.03. The summed E-state index contributed by atoms with van der Waals surface area (Å²) in [6.45, 7) is 8.92. The van der Waals surface area contributed by atoms with E-state index in [2.05, 4.69) is 13.8 Å². The van der Waals surface area contributed by atoms with Crippen LogP contribution < -0.4 is 5.43 Å². The first-order valence-corrected chi connectivity index (χ1v) is 12.6. The van der Waals surface area contributed by atoms with Crippen LogP contribution in [0.2, 0.25) is 0 Å². The lowest BCUT2D eigenvalue weighted by Gasteiger charge is -2.34. The second-order valence-corrected chi connectivity index (χ2v) is 11.0. The molecule has 0 unspecified atom stereocenters. The Morgan fingerprint density at radius 1 is 1.10 bits per heavy atom. The molecule has 1 amide bonds. The molecule has 31 heavy (non-hydrogen) atoms. The van der Waals surface area contributed by atoms with E-state index in [1.54, 1.807) is 23.2 Å². The van der Waals surface area contributed by atoms with Gasteiger partial charge in [0.15, 0.2) is 0 Å². The second-order valence-electron chi connectivity index (χ2n) is 9.10. The van der Waals surface area contributed by atoms with Crippen LogP contribution in [0.5, 0.6) is 0 Å². The predicted molar refractivity (Wildman–Crippen MR) is 121 cm³/mol. The Morgan fingerprint density at radius 3 is 2.35 bits per heavy atom. The van der Waals surface area contributed by atoms with Crippen molar-refractivity contribution >= 4 is 26.8 Å². The smallest absolute Gasteiger partial charge is 0.259 e. The van der Waals surface area contributed by atoms with Crippen molar-refractivity contribution in [1.29, 1.82) is 0 Å². The Hall–Kier alpha value is -2.19. The molecule has 2 atom stereocenters. The third-order valence-electron chi connectivity index (χ3n) is 6.49. The maximum atomic E-state index is 13.4. The SMILES string of the molecule is CCn1cc(C(=O)N2CCCC2)c(=O)c2cc(S(=O)(=O)N3C[C@@H](C)C[C@H](C)C3)ccc21. The third-order valence-corrected chi connectivity index (χ3v) is 8.32. The summed E-state index contributed by atoms with van der Waals surface area (Å²) in [7, 11) is -3.71. The van der Waals surface area contributed by atoms with Crippen molar-refractivity contribution in [3.8, 4) is 0 Å². The number of piperidine rings is 1. The summed E-state index contributed by atoms with van der Waals surface area (Å²) >= 11 is 0. The van der Waals surface area contributed by atoms with E-state index in [4.69, 9.17) is 0 Å². The van der Waals surface area contributed by atoms with Crippen LogP contribution in [-0.4, -0.2) is 54.3 Å². The number of carbonyl (C=O) groups excluding carboxylic acids is 1. The summed E-state index contributed by atoms with van der Waals surface area (Å²) in [5.74, 6) is 0.320. The minimum absolute atomic E-state index is 0.117. The molecule has 2 fully saturated rings. The first-order chi connectivity index (χ1) is 14.7. The fourth-order valence-electron chi connectivity index (χ4n) is 4.99. The summed E-state index contributed by atoms with van der Waals surface area (Å²) in [6, 6.07) is 4.73. The van der Waals surface area contributed by atoms with Gasteiger partial charge < -0.3 is 9.47 Å². The predicted octanol–water partition coefficient (Wildman–Crippen LogP) is 2.92. The number of benzene rings is 1. The number of likely N-dealkylation sites (tertiary alicyclic amines) is 1. The average molecular weight is 446 g/mol. The highest BCUT2D eigenvalue weighted by atomic mass is 32.2. The molecule has 168 valence electrons. The molecule has 2 aromatic rings. The van der Waals surface area contributed by atoms with Gasteiger partial charge in [-0.2, -0.15) is 4.31 Å². The maximum Gasteiger partial charge on any atom is 0.259 e. The van der Waals surface area contributed by atoms with E-state index >= 15 is 0 Å². The van der Waals surface area contributed by atoms with Crippen LogP contribution in [0.3, 0.4) is 0 Å². The number of rotatable bonds is 4. The van der Waals surface area contributed by atoms with Gasteiger partial charge in [0.05, 0.1) is 10.4 Å². The molecular weight excluding hydrogens is 414 g/mol. The Labute approximate surface area is 183 Å². The minimum Gasteiger partial charge on any atom is -0.347 e. The number of carbonyl (C=O) groups is 1. The highest BCUT2D eigenvalue weighted by Gasteiger charge is 2.32. The van der Waals surface area contributed by atoms with Gasteiger partial charge in [-0.15, -0.1) is 0 Å². The number of aryl methyl sites for hydroxylation is 1. The van der Waals surface area contributed by atoms with E-state index in [1.807, 2.05) is 11.5 Å². The van der Waals surface area contributed by atoms with Gasteiger partial charge in [0.2, 0.25) is 15.5 Å². The molecule has 2 aliphatic heterocycles. The van der Waals surface area contributed by atoms with Gasteiger partial charge in [0.1, 0.15) is 5.56 Å². The lowest BCUT2D eigenvalue weighted by atomic mass is 9.94. The van der Waals surface area contributed by atoms with Gasteiger partial charge in [0.25, 0.3) is 5.91 Å². The summed E-state index contributed by atoms with van der Waals surface area (Å²) in [6.07, 6.45) is 4.51. The Bertz CT molecular complexity index is 1160. The molecule has 0 N–H and O–H groups in total. The molecule has 2 saturated heterocycles. The van der Waals surface area contributed by atoms with E-state index < -0.39 is 15.5 Å². The van der Waals surface area contributed by atoms with Crippen molar-refractivity contribution in [2.45, 2.75) is 51.5 Å². The van der Waals surface area contributed by atoms with E-state index in [9.17, 15) is 18.0 Å². The molecule has 0 spiro atoms. The van der Waals surface area contributed by atoms with Crippen LogP contribution in [0.4, 0.5) is 0 Å². The normalized spacial score (nSPS) is 22.9. The fourth-order valence-corrected chi connectivity index (χ4v) is 6.70. The molecule has 7 nitrogen and oxygen atoms in total. The summed E-state index contributed by atoms with van der Waals surface area (Å²) in [5, 5.41) is 0.283. The average Bonchev–Trinajstić information content (AvgIpc) is 3.27. The molecule has 1 aromatic heterocycles. The van der Waals surface area contributed by atoms with Crippen LogP contribution in [0.25, 0.3) is 10.9 Å². The van der Waals surface area contributed by atoms with Crippen molar-refractivity contribution in [3.05, 3.63) is 40.2 Å². The number of aromatic nitrogens is 1. The zero-order valence-electron chi connectivity index (χ0n) is 18.5. The standard InChI is InChI=1S/C23H31N3O4S/c1-4-24-15-20(23(28)25-9-5-6-10-25)22(27)19-12-18(7-8-21(19)24)31(29,30)26-13-16(2)11-17(3)14-26/h7-8,12,15-17H,4-6,9-11,13-14H2,1-3H3/t16-,17-/m0/s1. The first-order valence-electron chi connectivity index (χ1n) is 11.2. The first kappa shape index (κ1) is 22.0. The van der Waals surface area contributed by atoms with Crippen LogP contribution >= 0.6 is 0 Å². The number of nitrogens with zero attached hydrogens (tertiary/aromatic N) is 3. The highest BCUT2D eigenvalue weighted by Crippen LogP contribution is 2.28. The van der Waals surface area contributed by atoms with Gasteiger partial charge in [0, 0.05) is 44.3 Å². The minimum atomic E-state index is -3.71. The molecule has 8 heteroatoms. The molecule has 0 saturated carbocycles. The highest BCUT2D eigenvalue weighted by molar-refractivity contribution is 7.89. The fraction of sp³-hybridized carbons (Fsp3) is 0.565. The van der Waals surface area contributed by atoms with Crippen molar-refractivity contribution < 1.29 is 13.2 Å². The van der Waals surface area contributed by atoms with Gasteiger partial charge in [-0.05, 0) is 56.2 Å². The van der Waals surface area contributed by atoms with Gasteiger partial charge in [-0.1, -0.05) is 13.8 Å². The van der Waals surface area contributed by atoms with Crippen LogP contribution in [0.15, 0.2) is 34.1 Å². The number of hydrogen-bond donors (Lipinski definition) is 0. The molecular formula is C23H31N3O4S. The Morgan fingerprint density at radius 2 is 1.74 bits per heavy atom. The molecule has 1 aromatic carbocycles. The number of amides is 1. The van der Waals surface area contributed by atoms with Crippen molar-refractivity contribution in [3.63, 3.8) is 0 Å². The lowest BCUT2D eigenvalue weighted by molar-refractivity contribution is 0.0791. The topological polar surface area (TPSA) is 79.7 Å². The lowest BCUT2D eigenvalue weighted by Crippen LogP contribution is -2.42. The largest absolute Gasteiger partial charge is 0.347 e. The van der Waals surface area contributed by atoms with Gasteiger partial charge in [-0.25, -0.2) is 8.42 Å². The Balaban J connectivity index is 1.81. The maximum absolute atomic E-state index is 13.4. The second kappa shape index (κ2) is 8.39. The zero-order valence-corrected chi connectivity index (χ0v) is 19.3. The van der Waals surface area contributed by atoms with Crippen LogP contribution in [-0.2, 0) is 16.6 Å². The zero-order chi connectivity index (χ0) is 22.3. The van der Waals surface area contributed by atoms with E-state index in [0.717, 1.165) is 19.3 Å². The van der Waals surface area contributed by atoms with Crippen molar-refractivity contribution in [1.82, 2.24) is 13.8 Å². The molecule has 0 aliphatic carbocycles. The monoisotopic (exact) mass is 445 g/mol. The van der Waals surface area contributed by atoms with E-state index in [1.165, 1.54) is 10.4 Å². The number of sulfonamides is 1. The number of pyridine rings is 1. The van der Waals surface area contributed by atoms with Gasteiger partial charge in [-0.3, -0.25) is 9.59 Å². The summed E-state index contributed by atoms with van der Waals surface area (Å²) < 4.78 is 30.1. The number of fused-ring (bicyclic) bond motifs is 1. The van der Waals surface area contributed by atoms with Gasteiger partial charge >= 0.3 is 0 Å². The van der Waals surface area contributed by atoms with E-state index in [-0.39, 0.29) is 21.8 Å². The Kier molecular flexibility index (Phi) is 5.96. The summed E-state index contributed by atoms with van der Waals surface area (Å²) in [4.78, 5) is 28.1. The van der Waals surface area contributed by atoms with Crippen LogP contribution in [0, 0.1) is 11.8 Å². The van der Waals surface area contributed by atoms with Crippen molar-refractivity contribution in [2.24, 2.45) is 11.8 Å². The molecule has 2 aliphatic rings. The summed E-state index contributed by atoms with van der Waals surface area (Å²) in [5.41, 5.74) is 0.366. The van der Waals surface area contributed by atoms with E-state index in [0.29, 0.717) is 50.1 Å². The molecule has 4 rings (SSSR count). The quantitative estimate of drug-likeness (QED) is 0.725. The number of hydrogen-bond acceptors (Lipinski definition) is 4. The molecule has 3 heterocycles. The van der Waals surface area contributed by atoms with Crippen molar-refractivity contribution in [2.75, 3.05) is 26.2 Å². The molecule has 0 radical (unpaired) electrons. The van der Waals surface area contributed by atoms with Crippen LogP contribution in [0.1, 0.15) is 50.4 Å².